The lowest BCUT2D eigenvalue weighted by molar-refractivity contribution is 0.232. The monoisotopic (exact) mass is 257 g/mol. The van der Waals surface area contributed by atoms with Crippen LogP contribution in [0.2, 0.25) is 0 Å². The van der Waals surface area contributed by atoms with E-state index >= 15 is 0 Å². The summed E-state index contributed by atoms with van der Waals surface area (Å²) in [5, 5.41) is 3.16. The lowest BCUT2D eigenvalue weighted by Gasteiger charge is -2.14. The Bertz CT molecular complexity index is 385. The molecule has 0 fully saturated rings. The maximum Gasteiger partial charge on any atom is 0.218 e. The maximum atomic E-state index is 11.1. The van der Waals surface area contributed by atoms with Crippen molar-refractivity contribution in [3.63, 3.8) is 0 Å². The van der Waals surface area contributed by atoms with E-state index < -0.39 is 10.8 Å². The highest BCUT2D eigenvalue weighted by molar-refractivity contribution is 7.84. The molecule has 0 spiro atoms. The third-order valence-corrected chi connectivity index (χ3v) is 2.85. The van der Waals surface area contributed by atoms with Gasteiger partial charge in [0.2, 0.25) is 5.88 Å². The van der Waals surface area contributed by atoms with Crippen LogP contribution in [0.4, 0.5) is 5.82 Å². The van der Waals surface area contributed by atoms with Crippen molar-refractivity contribution >= 4 is 16.6 Å². The van der Waals surface area contributed by atoms with Crippen molar-refractivity contribution < 1.29 is 8.95 Å². The highest BCUT2D eigenvalue weighted by Gasteiger charge is 2.07. The molecular weight excluding hydrogens is 238 g/mol. The zero-order chi connectivity index (χ0) is 12.8. The van der Waals surface area contributed by atoms with Crippen LogP contribution in [0.25, 0.3) is 0 Å². The number of hydrogen-bond donors (Lipinski definition) is 1. The molecule has 0 saturated heterocycles. The van der Waals surface area contributed by atoms with Gasteiger partial charge in [0.15, 0.2) is 0 Å². The normalized spacial score (nSPS) is 14.4. The molecule has 0 radical (unpaired) electrons. The first-order valence-electron chi connectivity index (χ1n) is 5.52. The molecule has 0 aliphatic rings. The standard InChI is InChI=1S/C11H19N3O2S/c1-8(2)16-11-5-10(12-7-13-11)14-9(3)6-17(4)15/h5,7-9H,6H2,1-4H3,(H,12,13,14). The lowest BCUT2D eigenvalue weighted by Crippen LogP contribution is -2.23. The zero-order valence-electron chi connectivity index (χ0n) is 10.6. The summed E-state index contributed by atoms with van der Waals surface area (Å²) in [6.45, 7) is 5.85. The number of aromatic nitrogens is 2. The summed E-state index contributed by atoms with van der Waals surface area (Å²) < 4.78 is 16.5. The smallest absolute Gasteiger partial charge is 0.218 e. The van der Waals surface area contributed by atoms with Gasteiger partial charge in [-0.1, -0.05) is 0 Å². The molecule has 0 bridgehead atoms. The van der Waals surface area contributed by atoms with Crippen LogP contribution in [0.3, 0.4) is 0 Å². The Labute approximate surface area is 104 Å². The Morgan fingerprint density at radius 2 is 2.12 bits per heavy atom. The van der Waals surface area contributed by atoms with Gasteiger partial charge in [-0.2, -0.15) is 0 Å². The summed E-state index contributed by atoms with van der Waals surface area (Å²) >= 11 is 0. The Morgan fingerprint density at radius 3 is 2.71 bits per heavy atom. The van der Waals surface area contributed by atoms with Crippen LogP contribution < -0.4 is 10.1 Å². The summed E-state index contributed by atoms with van der Waals surface area (Å²) in [6.07, 6.45) is 3.22. The number of rotatable bonds is 6. The first-order valence-corrected chi connectivity index (χ1v) is 7.25. The number of nitrogens with zero attached hydrogens (tertiary/aromatic N) is 2. The van der Waals surface area contributed by atoms with Gasteiger partial charge in [-0.05, 0) is 20.8 Å². The van der Waals surface area contributed by atoms with Crippen molar-refractivity contribution in [3.8, 4) is 5.88 Å². The van der Waals surface area contributed by atoms with Gasteiger partial charge in [-0.3, -0.25) is 4.21 Å². The zero-order valence-corrected chi connectivity index (χ0v) is 11.5. The van der Waals surface area contributed by atoms with Crippen LogP contribution in [0, 0.1) is 0 Å². The van der Waals surface area contributed by atoms with Gasteiger partial charge in [0, 0.05) is 34.9 Å². The van der Waals surface area contributed by atoms with Crippen LogP contribution >= 0.6 is 0 Å². The molecule has 1 N–H and O–H groups in total. The summed E-state index contributed by atoms with van der Waals surface area (Å²) in [7, 11) is -0.821. The molecule has 2 unspecified atom stereocenters. The van der Waals surface area contributed by atoms with Gasteiger partial charge >= 0.3 is 0 Å². The average Bonchev–Trinajstić information content (AvgIpc) is 2.14. The molecule has 17 heavy (non-hydrogen) atoms. The van der Waals surface area contributed by atoms with Crippen LogP contribution in [0.1, 0.15) is 20.8 Å². The van der Waals surface area contributed by atoms with Crippen molar-refractivity contribution in [3.05, 3.63) is 12.4 Å². The maximum absolute atomic E-state index is 11.1. The van der Waals surface area contributed by atoms with Crippen molar-refractivity contribution in [2.75, 3.05) is 17.3 Å². The van der Waals surface area contributed by atoms with E-state index in [9.17, 15) is 4.21 Å². The van der Waals surface area contributed by atoms with E-state index in [2.05, 4.69) is 15.3 Å². The third-order valence-electron chi connectivity index (χ3n) is 1.88. The third kappa shape index (κ3) is 5.63. The van der Waals surface area contributed by atoms with E-state index in [1.807, 2.05) is 20.8 Å². The molecule has 0 saturated carbocycles. The molecule has 1 aromatic rings. The molecule has 1 rings (SSSR count). The van der Waals surface area contributed by atoms with Gasteiger partial charge in [-0.25, -0.2) is 9.97 Å². The van der Waals surface area contributed by atoms with E-state index in [0.717, 1.165) is 0 Å². The van der Waals surface area contributed by atoms with E-state index in [0.29, 0.717) is 17.5 Å². The van der Waals surface area contributed by atoms with Gasteiger partial charge in [-0.15, -0.1) is 0 Å². The Kier molecular flexibility index (Phi) is 5.34. The SMILES string of the molecule is CC(CS(C)=O)Nc1cc(OC(C)C)ncn1. The second-order valence-electron chi connectivity index (χ2n) is 4.19. The second-order valence-corrected chi connectivity index (χ2v) is 5.67. The molecule has 96 valence electrons. The molecule has 1 heterocycles. The molecule has 2 atom stereocenters. The molecule has 0 aliphatic carbocycles. The largest absolute Gasteiger partial charge is 0.475 e. The van der Waals surface area contributed by atoms with Crippen molar-refractivity contribution in [2.24, 2.45) is 0 Å². The Hall–Kier alpha value is -1.17. The summed E-state index contributed by atoms with van der Waals surface area (Å²) in [4.78, 5) is 8.11. The number of ether oxygens (including phenoxy) is 1. The Morgan fingerprint density at radius 1 is 1.41 bits per heavy atom. The van der Waals surface area contributed by atoms with E-state index in [-0.39, 0.29) is 12.1 Å². The quantitative estimate of drug-likeness (QED) is 0.835. The first-order chi connectivity index (χ1) is 7.97. The van der Waals surface area contributed by atoms with E-state index in [4.69, 9.17) is 4.74 Å². The number of anilines is 1. The first kappa shape index (κ1) is 13.9. The molecule has 0 aliphatic heterocycles. The average molecular weight is 257 g/mol. The van der Waals surface area contributed by atoms with Crippen LogP contribution in [-0.4, -0.2) is 38.3 Å². The fourth-order valence-corrected chi connectivity index (χ4v) is 2.16. The predicted octanol–water partition coefficient (Wildman–Crippen LogP) is 1.44. The summed E-state index contributed by atoms with van der Waals surface area (Å²) in [5.41, 5.74) is 0. The van der Waals surface area contributed by atoms with E-state index in [1.54, 1.807) is 12.3 Å². The molecule has 1 aromatic heterocycles. The number of hydrogen-bond acceptors (Lipinski definition) is 5. The van der Waals surface area contributed by atoms with Crippen LogP contribution in [-0.2, 0) is 10.8 Å². The van der Waals surface area contributed by atoms with Crippen LogP contribution in [0.5, 0.6) is 5.88 Å². The Balaban J connectivity index is 2.62. The fraction of sp³-hybridized carbons (Fsp3) is 0.636. The number of nitrogens with one attached hydrogen (secondary N) is 1. The predicted molar refractivity (Wildman–Crippen MR) is 69.8 cm³/mol. The van der Waals surface area contributed by atoms with Crippen molar-refractivity contribution in [1.29, 1.82) is 0 Å². The van der Waals surface area contributed by atoms with Crippen molar-refractivity contribution in [1.82, 2.24) is 9.97 Å². The van der Waals surface area contributed by atoms with Gasteiger partial charge < -0.3 is 10.1 Å². The molecular formula is C11H19N3O2S. The van der Waals surface area contributed by atoms with Gasteiger partial charge in [0.1, 0.15) is 12.1 Å². The van der Waals surface area contributed by atoms with Crippen molar-refractivity contribution in [2.45, 2.75) is 32.9 Å². The minimum atomic E-state index is -0.821. The van der Waals surface area contributed by atoms with Gasteiger partial charge in [0.25, 0.3) is 0 Å². The topological polar surface area (TPSA) is 64.1 Å². The molecule has 6 heteroatoms. The molecule has 0 aromatic carbocycles. The molecule has 5 nitrogen and oxygen atoms in total. The lowest BCUT2D eigenvalue weighted by atomic mass is 10.4. The second kappa shape index (κ2) is 6.54. The highest BCUT2D eigenvalue weighted by atomic mass is 32.2. The summed E-state index contributed by atoms with van der Waals surface area (Å²) in [5.74, 6) is 1.82. The van der Waals surface area contributed by atoms with Gasteiger partial charge in [0.05, 0.1) is 6.10 Å². The summed E-state index contributed by atoms with van der Waals surface area (Å²) in [6, 6.07) is 1.84. The molecule has 0 amide bonds. The minimum absolute atomic E-state index is 0.0818. The van der Waals surface area contributed by atoms with Crippen LogP contribution in [0.15, 0.2) is 12.4 Å². The highest BCUT2D eigenvalue weighted by Crippen LogP contribution is 2.13. The fourth-order valence-electron chi connectivity index (χ4n) is 1.37. The minimum Gasteiger partial charge on any atom is -0.475 e. The van der Waals surface area contributed by atoms with E-state index in [1.165, 1.54) is 6.33 Å².